The Hall–Kier alpha value is -1.38. The van der Waals surface area contributed by atoms with Crippen LogP contribution in [-0.2, 0) is 13.1 Å². The molecule has 8 heteroatoms. The lowest BCUT2D eigenvalue weighted by molar-refractivity contribution is 0.169. The smallest absolute Gasteiger partial charge is 0.194 e. The van der Waals surface area contributed by atoms with E-state index in [1.54, 1.807) is 17.6 Å². The lowest BCUT2D eigenvalue weighted by atomic mass is 10.3. The van der Waals surface area contributed by atoms with E-state index in [1.165, 1.54) is 4.88 Å². The largest absolute Gasteiger partial charge is 0.364 e. The van der Waals surface area contributed by atoms with Gasteiger partial charge in [-0.25, -0.2) is 0 Å². The van der Waals surface area contributed by atoms with Crippen molar-refractivity contribution in [1.82, 2.24) is 20.3 Å². The minimum atomic E-state index is 0.808. The van der Waals surface area contributed by atoms with E-state index in [2.05, 4.69) is 53.3 Å². The second kappa shape index (κ2) is 7.94. The van der Waals surface area contributed by atoms with Crippen molar-refractivity contribution in [2.75, 3.05) is 33.2 Å². The average Bonchev–Trinajstić information content (AvgIpc) is 3.21. The second-order valence-corrected chi connectivity index (χ2v) is 7.91. The summed E-state index contributed by atoms with van der Waals surface area (Å²) in [6.07, 6.45) is 1.63. The molecular formula is C15H20BrN5OS. The Morgan fingerprint density at radius 1 is 1.35 bits per heavy atom. The van der Waals surface area contributed by atoms with Crippen LogP contribution in [-0.4, -0.2) is 54.1 Å². The van der Waals surface area contributed by atoms with Crippen LogP contribution >= 0.6 is 27.3 Å². The van der Waals surface area contributed by atoms with Crippen molar-refractivity contribution >= 4 is 33.2 Å². The summed E-state index contributed by atoms with van der Waals surface area (Å²) >= 11 is 5.24. The van der Waals surface area contributed by atoms with Crippen LogP contribution in [0.5, 0.6) is 0 Å². The highest BCUT2D eigenvalue weighted by Gasteiger charge is 2.20. The molecular weight excluding hydrogens is 378 g/mol. The number of halogens is 1. The molecule has 2 aromatic rings. The normalized spacial score (nSPS) is 16.8. The van der Waals surface area contributed by atoms with Gasteiger partial charge in [-0.3, -0.25) is 9.89 Å². The molecule has 1 aliphatic heterocycles. The van der Waals surface area contributed by atoms with Crippen molar-refractivity contribution in [2.24, 2.45) is 4.99 Å². The van der Waals surface area contributed by atoms with Crippen LogP contribution in [0.25, 0.3) is 0 Å². The van der Waals surface area contributed by atoms with Crippen LogP contribution in [0.2, 0.25) is 0 Å². The van der Waals surface area contributed by atoms with Crippen LogP contribution in [0.3, 0.4) is 0 Å². The Labute approximate surface area is 148 Å². The van der Waals surface area contributed by atoms with E-state index in [1.807, 2.05) is 13.1 Å². The van der Waals surface area contributed by atoms with Crippen molar-refractivity contribution in [1.29, 1.82) is 0 Å². The number of piperazine rings is 1. The highest BCUT2D eigenvalue weighted by atomic mass is 79.9. The molecule has 0 saturated carbocycles. The van der Waals surface area contributed by atoms with Crippen molar-refractivity contribution in [3.05, 3.63) is 38.8 Å². The molecule has 1 saturated heterocycles. The first kappa shape index (κ1) is 16.5. The number of hydrogen-bond acceptors (Lipinski definition) is 5. The second-order valence-electron chi connectivity index (χ2n) is 5.36. The van der Waals surface area contributed by atoms with Crippen LogP contribution in [0.1, 0.15) is 10.6 Å². The average molecular weight is 398 g/mol. The summed E-state index contributed by atoms with van der Waals surface area (Å²) < 4.78 is 6.05. The zero-order valence-electron chi connectivity index (χ0n) is 13.0. The fourth-order valence-electron chi connectivity index (χ4n) is 2.61. The van der Waals surface area contributed by atoms with Crippen molar-refractivity contribution < 1.29 is 4.52 Å². The molecule has 1 N–H and O–H groups in total. The van der Waals surface area contributed by atoms with Gasteiger partial charge in [0.15, 0.2) is 5.96 Å². The van der Waals surface area contributed by atoms with Gasteiger partial charge in [0.1, 0.15) is 6.26 Å². The van der Waals surface area contributed by atoms with E-state index in [0.717, 1.165) is 54.7 Å². The molecule has 124 valence electrons. The van der Waals surface area contributed by atoms with Gasteiger partial charge in [0.2, 0.25) is 0 Å². The summed E-state index contributed by atoms with van der Waals surface area (Å²) in [6.45, 7) is 5.58. The van der Waals surface area contributed by atoms with Gasteiger partial charge in [0.05, 0.1) is 16.0 Å². The molecule has 1 aliphatic rings. The van der Waals surface area contributed by atoms with E-state index in [9.17, 15) is 0 Å². The van der Waals surface area contributed by atoms with Gasteiger partial charge in [-0.15, -0.1) is 11.3 Å². The maximum absolute atomic E-state index is 4.89. The lowest BCUT2D eigenvalue weighted by Gasteiger charge is -2.36. The van der Waals surface area contributed by atoms with Crippen LogP contribution < -0.4 is 5.32 Å². The zero-order chi connectivity index (χ0) is 16.1. The van der Waals surface area contributed by atoms with Crippen LogP contribution in [0.15, 0.2) is 37.8 Å². The molecule has 3 heterocycles. The summed E-state index contributed by atoms with van der Waals surface area (Å²) in [4.78, 5) is 10.4. The van der Waals surface area contributed by atoms with Crippen LogP contribution in [0, 0.1) is 0 Å². The number of aromatic nitrogens is 1. The van der Waals surface area contributed by atoms with Gasteiger partial charge in [0.25, 0.3) is 0 Å². The Morgan fingerprint density at radius 2 is 2.17 bits per heavy atom. The third-order valence-corrected chi connectivity index (χ3v) is 5.43. The number of nitrogens with one attached hydrogen (secondary N) is 1. The van der Waals surface area contributed by atoms with E-state index < -0.39 is 0 Å². The number of rotatable bonds is 4. The fraction of sp³-hybridized carbons (Fsp3) is 0.467. The van der Waals surface area contributed by atoms with Gasteiger partial charge < -0.3 is 14.7 Å². The molecule has 2 aromatic heterocycles. The molecule has 0 atom stereocenters. The van der Waals surface area contributed by atoms with Gasteiger partial charge in [-0.1, -0.05) is 5.16 Å². The van der Waals surface area contributed by atoms with Gasteiger partial charge in [-0.05, 0) is 28.1 Å². The molecule has 3 rings (SSSR count). The number of hydrogen-bond donors (Lipinski definition) is 1. The Kier molecular flexibility index (Phi) is 5.69. The standard InChI is InChI=1S/C15H20BrN5OS/c1-17-15(18-10-13-2-3-14(16)23-13)21-7-5-20(6-8-21)11-12-4-9-22-19-12/h2-4,9H,5-8,10-11H2,1H3,(H,17,18). The maximum atomic E-state index is 4.89. The Bertz CT molecular complexity index is 634. The molecule has 6 nitrogen and oxygen atoms in total. The highest BCUT2D eigenvalue weighted by molar-refractivity contribution is 9.11. The Morgan fingerprint density at radius 3 is 2.78 bits per heavy atom. The number of thiophene rings is 1. The topological polar surface area (TPSA) is 56.9 Å². The van der Waals surface area contributed by atoms with E-state index in [4.69, 9.17) is 4.52 Å². The maximum Gasteiger partial charge on any atom is 0.194 e. The summed E-state index contributed by atoms with van der Waals surface area (Å²) in [5.74, 6) is 0.968. The van der Waals surface area contributed by atoms with Crippen molar-refractivity contribution in [3.8, 4) is 0 Å². The number of aliphatic imine (C=N–C) groups is 1. The summed E-state index contributed by atoms with van der Waals surface area (Å²) in [5, 5.41) is 7.43. The van der Waals surface area contributed by atoms with Gasteiger partial charge >= 0.3 is 0 Å². The minimum absolute atomic E-state index is 0.808. The molecule has 0 aliphatic carbocycles. The first-order valence-electron chi connectivity index (χ1n) is 7.56. The van der Waals surface area contributed by atoms with E-state index in [-0.39, 0.29) is 0 Å². The lowest BCUT2D eigenvalue weighted by Crippen LogP contribution is -2.52. The van der Waals surface area contributed by atoms with Gasteiger partial charge in [0, 0.05) is 50.7 Å². The number of guanidine groups is 1. The van der Waals surface area contributed by atoms with Crippen LogP contribution in [0.4, 0.5) is 0 Å². The minimum Gasteiger partial charge on any atom is -0.364 e. The third kappa shape index (κ3) is 4.55. The molecule has 0 aromatic carbocycles. The van der Waals surface area contributed by atoms with Crippen molar-refractivity contribution in [3.63, 3.8) is 0 Å². The third-order valence-electron chi connectivity index (χ3n) is 3.81. The van der Waals surface area contributed by atoms with Crippen molar-refractivity contribution in [2.45, 2.75) is 13.1 Å². The highest BCUT2D eigenvalue weighted by Crippen LogP contribution is 2.21. The predicted molar refractivity (Wildman–Crippen MR) is 95.6 cm³/mol. The summed E-state index contributed by atoms with van der Waals surface area (Å²) in [7, 11) is 1.84. The zero-order valence-corrected chi connectivity index (χ0v) is 15.4. The summed E-state index contributed by atoms with van der Waals surface area (Å²) in [5.41, 5.74) is 0.990. The molecule has 0 unspecified atom stereocenters. The predicted octanol–water partition coefficient (Wildman–Crippen LogP) is 2.39. The SMILES string of the molecule is CN=C(NCc1ccc(Br)s1)N1CCN(Cc2ccon2)CC1. The van der Waals surface area contributed by atoms with Gasteiger partial charge in [-0.2, -0.15) is 0 Å². The molecule has 0 amide bonds. The molecule has 23 heavy (non-hydrogen) atoms. The summed E-state index contributed by atoms with van der Waals surface area (Å²) in [6, 6.07) is 6.13. The number of nitrogens with zero attached hydrogens (tertiary/aromatic N) is 4. The molecule has 0 bridgehead atoms. The quantitative estimate of drug-likeness (QED) is 0.633. The Balaban J connectivity index is 1.47. The van der Waals surface area contributed by atoms with E-state index >= 15 is 0 Å². The van der Waals surface area contributed by atoms with E-state index in [0.29, 0.717) is 0 Å². The molecule has 1 fully saturated rings. The molecule has 0 spiro atoms. The first-order valence-corrected chi connectivity index (χ1v) is 9.17. The first-order chi connectivity index (χ1) is 11.2. The monoisotopic (exact) mass is 397 g/mol. The fourth-order valence-corrected chi connectivity index (χ4v) is 4.03. The molecule has 0 radical (unpaired) electrons.